The third-order valence-electron chi connectivity index (χ3n) is 8.01. The largest absolute Gasteiger partial charge is 0.457 e. The Bertz CT molecular complexity index is 1730. The zero-order valence-corrected chi connectivity index (χ0v) is 27.6. The Morgan fingerprint density at radius 1 is 1.11 bits per heavy atom. The van der Waals surface area contributed by atoms with Crippen LogP contribution in [0.3, 0.4) is 0 Å². The van der Waals surface area contributed by atoms with Gasteiger partial charge in [-0.25, -0.2) is 15.0 Å². The molecule has 0 saturated carbocycles. The molecule has 45 heavy (non-hydrogen) atoms. The molecule has 2 aromatic heterocycles. The van der Waals surface area contributed by atoms with Crippen LogP contribution in [0.4, 0.5) is 11.5 Å². The number of amidine groups is 1. The molecule has 4 heterocycles. The minimum atomic E-state index is -1.23. The fraction of sp³-hybridized carbons (Fsp3) is 0.333. The number of benzene rings is 2. The number of hydrogen-bond acceptors (Lipinski definition) is 8. The molecule has 2 aliphatic heterocycles. The lowest BCUT2D eigenvalue weighted by molar-refractivity contribution is -0.127. The standard InChI is InChI=1S/C33H38ClN7O3Si/c1-5-29(42)39-15-13-23(14-16-39)41-33-30-26(20-40(32(30)35-21-36-33)22-43-17-18-45(2,3)4)31(38-41)37-28-12-11-25(19-27(28)34)44-24-9-7-6-8-10-24/h5-12,19-21,23H,1,13-18,22H2,2-4H3,(H,37,38). The summed E-state index contributed by atoms with van der Waals surface area (Å²) in [6.45, 7) is 13.0. The third kappa shape index (κ3) is 6.90. The molecular weight excluding hydrogens is 606 g/mol. The summed E-state index contributed by atoms with van der Waals surface area (Å²) in [6, 6.07) is 16.2. The lowest BCUT2D eigenvalue weighted by Gasteiger charge is -2.37. The van der Waals surface area contributed by atoms with Gasteiger partial charge in [-0.05, 0) is 49.2 Å². The Hall–Kier alpha value is -4.19. The summed E-state index contributed by atoms with van der Waals surface area (Å²) in [6.07, 6.45) is 6.45. The summed E-state index contributed by atoms with van der Waals surface area (Å²) < 4.78 is 14.1. The van der Waals surface area contributed by atoms with Crippen LogP contribution < -0.4 is 15.1 Å². The van der Waals surface area contributed by atoms with Crippen molar-refractivity contribution < 1.29 is 14.3 Å². The Labute approximate surface area is 269 Å². The van der Waals surface area contributed by atoms with E-state index in [0.29, 0.717) is 48.7 Å². The second-order valence-corrected chi connectivity index (χ2v) is 18.5. The van der Waals surface area contributed by atoms with Crippen LogP contribution in [0.1, 0.15) is 18.4 Å². The highest BCUT2D eigenvalue weighted by atomic mass is 35.5. The molecule has 0 bridgehead atoms. The van der Waals surface area contributed by atoms with Crippen molar-refractivity contribution in [3.05, 3.63) is 84.3 Å². The van der Waals surface area contributed by atoms with Crippen LogP contribution in [0.2, 0.25) is 30.7 Å². The van der Waals surface area contributed by atoms with E-state index < -0.39 is 8.07 Å². The SMILES string of the molecule is C=CC(=O)N1CCC(N2N=C(Nc3ccc(Oc4ccccc4)cc3Cl)c3cn(COCC[Si](C)(C)C)c4ncnc2c34)CC1. The van der Waals surface area contributed by atoms with E-state index in [0.717, 1.165) is 47.0 Å². The van der Waals surface area contributed by atoms with Gasteiger partial charge in [-0.15, -0.1) is 0 Å². The van der Waals surface area contributed by atoms with Crippen molar-refractivity contribution in [3.8, 4) is 11.5 Å². The summed E-state index contributed by atoms with van der Waals surface area (Å²) >= 11 is 6.79. The molecule has 1 fully saturated rings. The predicted molar refractivity (Wildman–Crippen MR) is 182 cm³/mol. The molecule has 12 heteroatoms. The van der Waals surface area contributed by atoms with Crippen molar-refractivity contribution in [1.82, 2.24) is 19.4 Å². The molecule has 10 nitrogen and oxygen atoms in total. The number of ether oxygens (including phenoxy) is 2. The maximum atomic E-state index is 12.2. The van der Waals surface area contributed by atoms with Crippen molar-refractivity contribution in [3.63, 3.8) is 0 Å². The zero-order valence-electron chi connectivity index (χ0n) is 25.9. The minimum absolute atomic E-state index is 0.0374. The summed E-state index contributed by atoms with van der Waals surface area (Å²) in [5, 5.41) is 12.0. The average molecular weight is 644 g/mol. The van der Waals surface area contributed by atoms with E-state index in [-0.39, 0.29) is 11.9 Å². The predicted octanol–water partition coefficient (Wildman–Crippen LogP) is 6.96. The molecule has 2 aliphatic rings. The summed E-state index contributed by atoms with van der Waals surface area (Å²) in [5.74, 6) is 2.69. The van der Waals surface area contributed by atoms with Crippen LogP contribution in [0.15, 0.2) is 78.8 Å². The highest BCUT2D eigenvalue weighted by Crippen LogP contribution is 2.37. The maximum absolute atomic E-state index is 12.2. The number of hydrazone groups is 1. The highest BCUT2D eigenvalue weighted by Gasteiger charge is 2.34. The number of anilines is 2. The molecule has 0 aliphatic carbocycles. The van der Waals surface area contributed by atoms with E-state index in [1.807, 2.05) is 63.1 Å². The first kappa shape index (κ1) is 30.8. The molecule has 4 aromatic rings. The Morgan fingerprint density at radius 2 is 1.89 bits per heavy atom. The molecule has 1 amide bonds. The first-order valence-electron chi connectivity index (χ1n) is 15.2. The van der Waals surface area contributed by atoms with Gasteiger partial charge in [-0.1, -0.05) is 56.0 Å². The van der Waals surface area contributed by atoms with E-state index in [9.17, 15) is 4.79 Å². The first-order valence-corrected chi connectivity index (χ1v) is 19.3. The van der Waals surface area contributed by atoms with Gasteiger partial charge in [0.2, 0.25) is 5.91 Å². The van der Waals surface area contributed by atoms with Crippen molar-refractivity contribution in [2.75, 3.05) is 30.0 Å². The number of hydrogen-bond donors (Lipinski definition) is 1. The molecule has 0 spiro atoms. The fourth-order valence-corrected chi connectivity index (χ4v) is 6.50. The molecule has 2 aromatic carbocycles. The number of carbonyl (C=O) groups excluding carboxylic acids is 1. The molecule has 0 unspecified atom stereocenters. The van der Waals surface area contributed by atoms with Gasteiger partial charge in [0.1, 0.15) is 30.2 Å². The van der Waals surface area contributed by atoms with Crippen molar-refractivity contribution in [2.24, 2.45) is 5.10 Å². The molecule has 1 saturated heterocycles. The monoisotopic (exact) mass is 643 g/mol. The number of aromatic nitrogens is 3. The Morgan fingerprint density at radius 3 is 2.60 bits per heavy atom. The maximum Gasteiger partial charge on any atom is 0.245 e. The van der Waals surface area contributed by atoms with Gasteiger partial charge >= 0.3 is 0 Å². The molecule has 6 rings (SSSR count). The number of carbonyl (C=O) groups is 1. The second-order valence-electron chi connectivity index (χ2n) is 12.5. The van der Waals surface area contributed by atoms with Crippen LogP contribution in [0.5, 0.6) is 11.5 Å². The van der Waals surface area contributed by atoms with Crippen molar-refractivity contribution in [2.45, 2.75) is 51.3 Å². The summed E-state index contributed by atoms with van der Waals surface area (Å²) in [7, 11) is -1.23. The van der Waals surface area contributed by atoms with Gasteiger partial charge in [0.25, 0.3) is 0 Å². The van der Waals surface area contributed by atoms with Crippen LogP contribution >= 0.6 is 11.6 Å². The number of likely N-dealkylation sites (tertiary alicyclic amines) is 1. The number of piperidine rings is 1. The van der Waals surface area contributed by atoms with Crippen LogP contribution in [-0.2, 0) is 16.3 Å². The van der Waals surface area contributed by atoms with Crippen LogP contribution in [0.25, 0.3) is 11.0 Å². The van der Waals surface area contributed by atoms with E-state index in [1.54, 1.807) is 12.4 Å². The Balaban J connectivity index is 1.31. The normalized spacial score (nSPS) is 15.2. The third-order valence-corrected chi connectivity index (χ3v) is 10.0. The smallest absolute Gasteiger partial charge is 0.245 e. The number of rotatable bonds is 10. The van der Waals surface area contributed by atoms with Gasteiger partial charge in [-0.3, -0.25) is 4.79 Å². The molecule has 0 atom stereocenters. The quantitative estimate of drug-likeness (QED) is 0.113. The van der Waals surface area contributed by atoms with Crippen LogP contribution in [0, 0.1) is 0 Å². The number of nitrogens with one attached hydrogen (secondary N) is 1. The Kier molecular flexibility index (Phi) is 8.93. The lowest BCUT2D eigenvalue weighted by Crippen LogP contribution is -2.46. The van der Waals surface area contributed by atoms with Gasteiger partial charge < -0.3 is 24.3 Å². The second kappa shape index (κ2) is 13.0. The van der Waals surface area contributed by atoms with Gasteiger partial charge in [0, 0.05) is 40.0 Å². The summed E-state index contributed by atoms with van der Waals surface area (Å²) in [4.78, 5) is 23.5. The highest BCUT2D eigenvalue weighted by molar-refractivity contribution is 6.76. The van der Waals surface area contributed by atoms with Gasteiger partial charge in [0.15, 0.2) is 11.7 Å². The van der Waals surface area contributed by atoms with E-state index in [4.69, 9.17) is 31.2 Å². The average Bonchev–Trinajstić information content (AvgIpc) is 3.41. The van der Waals surface area contributed by atoms with Crippen LogP contribution in [-0.4, -0.2) is 65.0 Å². The lowest BCUT2D eigenvalue weighted by atomic mass is 10.0. The van der Waals surface area contributed by atoms with Gasteiger partial charge in [0.05, 0.1) is 27.7 Å². The minimum Gasteiger partial charge on any atom is -0.457 e. The molecule has 1 N–H and O–H groups in total. The first-order chi connectivity index (χ1) is 21.7. The summed E-state index contributed by atoms with van der Waals surface area (Å²) in [5.41, 5.74) is 2.33. The van der Waals surface area contributed by atoms with Gasteiger partial charge in [-0.2, -0.15) is 5.10 Å². The number of para-hydroxylation sites is 1. The number of halogens is 1. The van der Waals surface area contributed by atoms with E-state index in [2.05, 4.69) is 36.5 Å². The topological polar surface area (TPSA) is 97.1 Å². The zero-order chi connectivity index (χ0) is 31.6. The van der Waals surface area contributed by atoms with E-state index >= 15 is 0 Å². The number of nitrogens with zero attached hydrogens (tertiary/aromatic N) is 6. The fourth-order valence-electron chi connectivity index (χ4n) is 5.53. The van der Waals surface area contributed by atoms with E-state index in [1.165, 1.54) is 6.08 Å². The van der Waals surface area contributed by atoms with Crippen molar-refractivity contribution in [1.29, 1.82) is 0 Å². The molecular formula is C33H38ClN7O3Si. The number of amides is 1. The van der Waals surface area contributed by atoms with Crippen molar-refractivity contribution >= 4 is 54.0 Å². The molecule has 0 radical (unpaired) electrons. The molecule has 234 valence electrons.